The normalized spacial score (nSPS) is 14.2. The first-order chi connectivity index (χ1) is 7.90. The van der Waals surface area contributed by atoms with Gasteiger partial charge in [-0.2, -0.15) is 0 Å². The molecule has 0 aromatic rings. The molecule has 0 aromatic heterocycles. The molecule has 2 amide bonds. The van der Waals surface area contributed by atoms with Crippen molar-refractivity contribution < 1.29 is 9.59 Å². The van der Waals surface area contributed by atoms with Gasteiger partial charge in [0, 0.05) is 19.0 Å². The van der Waals surface area contributed by atoms with Gasteiger partial charge in [0.05, 0.1) is 6.04 Å². The van der Waals surface area contributed by atoms with E-state index < -0.39 is 6.04 Å². The van der Waals surface area contributed by atoms with Gasteiger partial charge in [0.2, 0.25) is 11.8 Å². The Morgan fingerprint density at radius 2 is 1.53 bits per heavy atom. The molecule has 0 bridgehead atoms. The van der Waals surface area contributed by atoms with E-state index in [1.807, 2.05) is 27.7 Å². The predicted octanol–water partition coefficient (Wildman–Crippen LogP) is 0.248. The maximum absolute atomic E-state index is 11.6. The van der Waals surface area contributed by atoms with Crippen LogP contribution in [0.2, 0.25) is 0 Å². The monoisotopic (exact) mass is 243 g/mol. The summed E-state index contributed by atoms with van der Waals surface area (Å²) in [5, 5.41) is 5.44. The molecular formula is C12H25N3O2. The molecule has 0 saturated carbocycles. The summed E-state index contributed by atoms with van der Waals surface area (Å²) in [6.07, 6.45) is 0.874. The minimum absolute atomic E-state index is 0.00882. The van der Waals surface area contributed by atoms with E-state index >= 15 is 0 Å². The van der Waals surface area contributed by atoms with Crippen molar-refractivity contribution in [3.63, 3.8) is 0 Å². The van der Waals surface area contributed by atoms with Gasteiger partial charge < -0.3 is 16.4 Å². The van der Waals surface area contributed by atoms with Crippen molar-refractivity contribution in [3.05, 3.63) is 0 Å². The fourth-order valence-electron chi connectivity index (χ4n) is 1.21. The smallest absolute Gasteiger partial charge is 0.237 e. The summed E-state index contributed by atoms with van der Waals surface area (Å²) < 4.78 is 0. The predicted molar refractivity (Wildman–Crippen MR) is 68.3 cm³/mol. The maximum atomic E-state index is 11.6. The van der Waals surface area contributed by atoms with E-state index in [0.29, 0.717) is 13.1 Å². The highest BCUT2D eigenvalue weighted by molar-refractivity contribution is 5.82. The Bertz CT molecular complexity index is 254. The lowest BCUT2D eigenvalue weighted by molar-refractivity contribution is -0.125. The molecule has 0 aliphatic carbocycles. The van der Waals surface area contributed by atoms with Gasteiger partial charge in [-0.25, -0.2) is 0 Å². The fraction of sp³-hybridized carbons (Fsp3) is 0.833. The molecule has 5 heteroatoms. The standard InChI is InChI=1S/C12H25N3O2/c1-5-9(4)10(13)12(17)15-7-6-14-11(16)8(2)3/h8-10H,5-7,13H2,1-4H3,(H,14,16)(H,15,17)/t9-,10-/m0/s1. The van der Waals surface area contributed by atoms with E-state index in [0.717, 1.165) is 6.42 Å². The van der Waals surface area contributed by atoms with E-state index in [9.17, 15) is 9.59 Å². The average Bonchev–Trinajstić information content (AvgIpc) is 2.31. The highest BCUT2D eigenvalue weighted by atomic mass is 16.2. The first-order valence-electron chi connectivity index (χ1n) is 6.21. The largest absolute Gasteiger partial charge is 0.354 e. The first kappa shape index (κ1) is 15.9. The Morgan fingerprint density at radius 1 is 1.06 bits per heavy atom. The Morgan fingerprint density at radius 3 is 1.94 bits per heavy atom. The number of amides is 2. The molecule has 0 unspecified atom stereocenters. The summed E-state index contributed by atoms with van der Waals surface area (Å²) in [6, 6.07) is -0.471. The SMILES string of the molecule is CC[C@H](C)[C@H](N)C(=O)NCCNC(=O)C(C)C. The van der Waals surface area contributed by atoms with Crippen LogP contribution in [0.15, 0.2) is 0 Å². The zero-order valence-corrected chi connectivity index (χ0v) is 11.2. The van der Waals surface area contributed by atoms with Crippen molar-refractivity contribution in [2.45, 2.75) is 40.2 Å². The van der Waals surface area contributed by atoms with Crippen LogP contribution in [0.3, 0.4) is 0 Å². The van der Waals surface area contributed by atoms with Gasteiger partial charge in [-0.1, -0.05) is 34.1 Å². The van der Waals surface area contributed by atoms with E-state index in [4.69, 9.17) is 5.73 Å². The Balaban J connectivity index is 3.75. The molecule has 0 aliphatic heterocycles. The van der Waals surface area contributed by atoms with Crippen LogP contribution in [-0.2, 0) is 9.59 Å². The second-order valence-electron chi connectivity index (χ2n) is 4.65. The number of nitrogens with one attached hydrogen (secondary N) is 2. The van der Waals surface area contributed by atoms with Crippen molar-refractivity contribution in [2.75, 3.05) is 13.1 Å². The molecule has 0 saturated heterocycles. The summed E-state index contributed by atoms with van der Waals surface area (Å²) >= 11 is 0. The molecule has 5 nitrogen and oxygen atoms in total. The summed E-state index contributed by atoms with van der Waals surface area (Å²) in [6.45, 7) is 8.46. The molecule has 0 heterocycles. The summed E-state index contributed by atoms with van der Waals surface area (Å²) in [7, 11) is 0. The molecule has 2 atom stereocenters. The highest BCUT2D eigenvalue weighted by Gasteiger charge is 2.18. The molecule has 100 valence electrons. The van der Waals surface area contributed by atoms with Gasteiger partial charge in [-0.15, -0.1) is 0 Å². The number of carbonyl (C=O) groups excluding carboxylic acids is 2. The lowest BCUT2D eigenvalue weighted by atomic mass is 9.99. The van der Waals surface area contributed by atoms with Crippen LogP contribution in [-0.4, -0.2) is 30.9 Å². The minimum Gasteiger partial charge on any atom is -0.354 e. The van der Waals surface area contributed by atoms with Crippen molar-refractivity contribution in [1.82, 2.24) is 10.6 Å². The number of rotatable bonds is 7. The average molecular weight is 243 g/mol. The minimum atomic E-state index is -0.471. The van der Waals surface area contributed by atoms with Gasteiger partial charge in [-0.05, 0) is 5.92 Å². The highest BCUT2D eigenvalue weighted by Crippen LogP contribution is 2.04. The topological polar surface area (TPSA) is 84.2 Å². The Hall–Kier alpha value is -1.10. The first-order valence-corrected chi connectivity index (χ1v) is 6.21. The van der Waals surface area contributed by atoms with E-state index in [1.54, 1.807) is 0 Å². The molecule has 0 aliphatic rings. The van der Waals surface area contributed by atoms with Crippen molar-refractivity contribution in [1.29, 1.82) is 0 Å². The van der Waals surface area contributed by atoms with Crippen LogP contribution in [0.25, 0.3) is 0 Å². The quantitative estimate of drug-likeness (QED) is 0.560. The van der Waals surface area contributed by atoms with Gasteiger partial charge >= 0.3 is 0 Å². The van der Waals surface area contributed by atoms with Crippen molar-refractivity contribution >= 4 is 11.8 Å². The van der Waals surface area contributed by atoms with Crippen LogP contribution in [0.5, 0.6) is 0 Å². The Kier molecular flexibility index (Phi) is 7.54. The number of hydrogen-bond donors (Lipinski definition) is 3. The number of carbonyl (C=O) groups is 2. The molecule has 0 aromatic carbocycles. The molecular weight excluding hydrogens is 218 g/mol. The van der Waals surface area contributed by atoms with Crippen molar-refractivity contribution in [3.8, 4) is 0 Å². The second-order valence-corrected chi connectivity index (χ2v) is 4.65. The maximum Gasteiger partial charge on any atom is 0.237 e. The van der Waals surface area contributed by atoms with E-state index in [2.05, 4.69) is 10.6 Å². The van der Waals surface area contributed by atoms with Crippen molar-refractivity contribution in [2.24, 2.45) is 17.6 Å². The molecule has 0 spiro atoms. The molecule has 4 N–H and O–H groups in total. The van der Waals surface area contributed by atoms with E-state index in [-0.39, 0.29) is 23.7 Å². The zero-order valence-electron chi connectivity index (χ0n) is 11.2. The van der Waals surface area contributed by atoms with Gasteiger partial charge in [0.25, 0.3) is 0 Å². The van der Waals surface area contributed by atoms with Crippen LogP contribution >= 0.6 is 0 Å². The lowest BCUT2D eigenvalue weighted by Gasteiger charge is -2.17. The summed E-state index contributed by atoms with van der Waals surface area (Å²) in [5.74, 6) is -0.0306. The third kappa shape index (κ3) is 6.26. The van der Waals surface area contributed by atoms with Crippen LogP contribution in [0, 0.1) is 11.8 Å². The molecule has 0 rings (SSSR count). The number of hydrogen-bond acceptors (Lipinski definition) is 3. The van der Waals surface area contributed by atoms with Gasteiger partial charge in [0.1, 0.15) is 0 Å². The lowest BCUT2D eigenvalue weighted by Crippen LogP contribution is -2.46. The third-order valence-electron chi connectivity index (χ3n) is 2.81. The fourth-order valence-corrected chi connectivity index (χ4v) is 1.21. The number of nitrogens with two attached hydrogens (primary N) is 1. The molecule has 0 radical (unpaired) electrons. The zero-order chi connectivity index (χ0) is 13.4. The van der Waals surface area contributed by atoms with Crippen LogP contribution in [0.4, 0.5) is 0 Å². The third-order valence-corrected chi connectivity index (χ3v) is 2.81. The van der Waals surface area contributed by atoms with Gasteiger partial charge in [-0.3, -0.25) is 9.59 Å². The summed E-state index contributed by atoms with van der Waals surface area (Å²) in [5.41, 5.74) is 5.76. The van der Waals surface area contributed by atoms with E-state index in [1.165, 1.54) is 0 Å². The second kappa shape index (κ2) is 8.06. The Labute approximate surface area is 104 Å². The molecule has 17 heavy (non-hydrogen) atoms. The van der Waals surface area contributed by atoms with Crippen LogP contribution in [0.1, 0.15) is 34.1 Å². The van der Waals surface area contributed by atoms with Crippen LogP contribution < -0.4 is 16.4 Å². The van der Waals surface area contributed by atoms with Gasteiger partial charge in [0.15, 0.2) is 0 Å². The summed E-state index contributed by atoms with van der Waals surface area (Å²) in [4.78, 5) is 22.8. The molecule has 0 fully saturated rings.